The van der Waals surface area contributed by atoms with E-state index in [2.05, 4.69) is 9.97 Å². The molecule has 0 radical (unpaired) electrons. The summed E-state index contributed by atoms with van der Waals surface area (Å²) in [7, 11) is 0. The van der Waals surface area contributed by atoms with Gasteiger partial charge in [-0.1, -0.05) is 42.5 Å². The molecule has 200 valence electrons. The lowest BCUT2D eigenvalue weighted by Gasteiger charge is -2.17. The van der Waals surface area contributed by atoms with Crippen LogP contribution in [0.15, 0.2) is 82.3 Å². The molecule has 8 nitrogen and oxygen atoms in total. The molecule has 0 bridgehead atoms. The third-order valence-electron chi connectivity index (χ3n) is 6.98. The Morgan fingerprint density at radius 2 is 1.68 bits per heavy atom. The maximum absolute atomic E-state index is 14.8. The molecule has 0 saturated heterocycles. The molecule has 0 aliphatic rings. The molecule has 0 aliphatic heterocycles. The van der Waals surface area contributed by atoms with E-state index >= 15 is 0 Å². The van der Waals surface area contributed by atoms with Crippen LogP contribution in [0.25, 0.3) is 44.4 Å². The van der Waals surface area contributed by atoms with Crippen LogP contribution in [0.1, 0.15) is 37.3 Å². The summed E-state index contributed by atoms with van der Waals surface area (Å²) in [5.74, 6) is -0.895. The summed E-state index contributed by atoms with van der Waals surface area (Å²) in [5, 5.41) is 5.14. The van der Waals surface area contributed by atoms with Gasteiger partial charge in [0.25, 0.3) is 0 Å². The number of rotatable bonds is 5. The molecule has 0 fully saturated rings. The SMILES string of the molecule is CC(N)c1ccc(-c2nn(C(C)c3oc4cccc(F)c4c(=O)c3-c3cccc(F)c3)c3ncnc(N)c23)cc1. The third kappa shape index (κ3) is 4.09. The lowest BCUT2D eigenvalue weighted by molar-refractivity contribution is 0.445. The maximum Gasteiger partial charge on any atom is 0.203 e. The molecule has 10 heteroatoms. The number of aromatic nitrogens is 4. The van der Waals surface area contributed by atoms with E-state index in [9.17, 15) is 13.6 Å². The number of fused-ring (bicyclic) bond motifs is 2. The normalized spacial score (nSPS) is 13.1. The summed E-state index contributed by atoms with van der Waals surface area (Å²) >= 11 is 0. The van der Waals surface area contributed by atoms with E-state index in [4.69, 9.17) is 21.0 Å². The highest BCUT2D eigenvalue weighted by molar-refractivity contribution is 5.98. The second-order valence-corrected chi connectivity index (χ2v) is 9.63. The fourth-order valence-corrected chi connectivity index (χ4v) is 4.95. The number of hydrogen-bond acceptors (Lipinski definition) is 7. The van der Waals surface area contributed by atoms with E-state index in [-0.39, 0.29) is 39.7 Å². The molecule has 3 aromatic carbocycles. The predicted molar refractivity (Wildman–Crippen MR) is 149 cm³/mol. The van der Waals surface area contributed by atoms with Crippen LogP contribution < -0.4 is 16.9 Å². The van der Waals surface area contributed by atoms with Crippen molar-refractivity contribution in [2.24, 2.45) is 5.73 Å². The zero-order valence-electron chi connectivity index (χ0n) is 21.6. The summed E-state index contributed by atoms with van der Waals surface area (Å²) in [4.78, 5) is 22.3. The largest absolute Gasteiger partial charge is 0.458 e. The van der Waals surface area contributed by atoms with Crippen LogP contribution in [-0.4, -0.2) is 19.7 Å². The number of nitrogens with zero attached hydrogens (tertiary/aromatic N) is 4. The first-order valence-corrected chi connectivity index (χ1v) is 12.6. The Morgan fingerprint density at radius 3 is 2.40 bits per heavy atom. The second kappa shape index (κ2) is 9.65. The van der Waals surface area contributed by atoms with Crippen molar-refractivity contribution in [2.75, 3.05) is 5.73 Å². The Kier molecular flexibility index (Phi) is 6.11. The van der Waals surface area contributed by atoms with Crippen molar-refractivity contribution in [3.05, 3.63) is 106 Å². The van der Waals surface area contributed by atoms with Crippen molar-refractivity contribution in [2.45, 2.75) is 25.9 Å². The van der Waals surface area contributed by atoms with Crippen LogP contribution in [-0.2, 0) is 0 Å². The summed E-state index contributed by atoms with van der Waals surface area (Å²) < 4.78 is 36.9. The van der Waals surface area contributed by atoms with Gasteiger partial charge >= 0.3 is 0 Å². The van der Waals surface area contributed by atoms with Crippen molar-refractivity contribution >= 4 is 27.8 Å². The molecule has 0 amide bonds. The van der Waals surface area contributed by atoms with Crippen LogP contribution in [0.2, 0.25) is 0 Å². The lowest BCUT2D eigenvalue weighted by Crippen LogP contribution is -2.17. The molecule has 0 aliphatic carbocycles. The molecule has 2 atom stereocenters. The van der Waals surface area contributed by atoms with E-state index in [0.29, 0.717) is 16.7 Å². The number of anilines is 1. The Labute approximate surface area is 226 Å². The van der Waals surface area contributed by atoms with Crippen molar-refractivity contribution < 1.29 is 13.2 Å². The van der Waals surface area contributed by atoms with Gasteiger partial charge < -0.3 is 15.9 Å². The first-order chi connectivity index (χ1) is 19.2. The van der Waals surface area contributed by atoms with E-state index < -0.39 is 23.1 Å². The van der Waals surface area contributed by atoms with Crippen LogP contribution in [0.4, 0.5) is 14.6 Å². The number of halogens is 2. The quantitative estimate of drug-likeness (QED) is 0.286. The van der Waals surface area contributed by atoms with Gasteiger partial charge in [-0.3, -0.25) is 4.79 Å². The van der Waals surface area contributed by atoms with E-state index in [1.807, 2.05) is 31.2 Å². The number of benzene rings is 3. The first-order valence-electron chi connectivity index (χ1n) is 12.6. The number of nitrogens with two attached hydrogens (primary N) is 2. The van der Waals surface area contributed by atoms with E-state index in [0.717, 1.165) is 11.1 Å². The number of hydrogen-bond donors (Lipinski definition) is 2. The highest BCUT2D eigenvalue weighted by Gasteiger charge is 2.27. The molecular formula is C30H24F2N6O2. The minimum Gasteiger partial charge on any atom is -0.458 e. The summed E-state index contributed by atoms with van der Waals surface area (Å²) in [6, 6.07) is 16.4. The monoisotopic (exact) mass is 538 g/mol. The zero-order valence-corrected chi connectivity index (χ0v) is 21.6. The first kappa shape index (κ1) is 25.3. The Bertz CT molecular complexity index is 1960. The van der Waals surface area contributed by atoms with Crippen LogP contribution >= 0.6 is 0 Å². The van der Waals surface area contributed by atoms with Gasteiger partial charge in [0.2, 0.25) is 5.43 Å². The van der Waals surface area contributed by atoms with Crippen LogP contribution in [0.3, 0.4) is 0 Å². The molecule has 2 unspecified atom stereocenters. The van der Waals surface area contributed by atoms with Gasteiger partial charge in [-0.2, -0.15) is 5.10 Å². The third-order valence-corrected chi connectivity index (χ3v) is 6.98. The van der Waals surface area contributed by atoms with Crippen LogP contribution in [0, 0.1) is 11.6 Å². The zero-order chi connectivity index (χ0) is 28.1. The average Bonchev–Trinajstić information content (AvgIpc) is 3.33. The molecule has 3 heterocycles. The average molecular weight is 539 g/mol. The predicted octanol–water partition coefficient (Wildman–Crippen LogP) is 5.76. The molecule has 3 aromatic heterocycles. The van der Waals surface area contributed by atoms with Crippen molar-refractivity contribution in [3.63, 3.8) is 0 Å². The molecule has 6 aromatic rings. The summed E-state index contributed by atoms with van der Waals surface area (Å²) in [5.41, 5.74) is 14.7. The minimum atomic E-state index is -0.743. The fourth-order valence-electron chi connectivity index (χ4n) is 4.95. The smallest absolute Gasteiger partial charge is 0.203 e. The van der Waals surface area contributed by atoms with Gasteiger partial charge in [0, 0.05) is 11.6 Å². The Balaban J connectivity index is 1.62. The van der Waals surface area contributed by atoms with Gasteiger partial charge in [-0.05, 0) is 49.2 Å². The van der Waals surface area contributed by atoms with Gasteiger partial charge in [0.05, 0.1) is 10.9 Å². The van der Waals surface area contributed by atoms with Gasteiger partial charge in [-0.25, -0.2) is 23.4 Å². The minimum absolute atomic E-state index is 0.0260. The lowest BCUT2D eigenvalue weighted by atomic mass is 9.99. The van der Waals surface area contributed by atoms with Gasteiger partial charge in [-0.15, -0.1) is 0 Å². The van der Waals surface area contributed by atoms with Crippen molar-refractivity contribution in [1.29, 1.82) is 0 Å². The van der Waals surface area contributed by atoms with E-state index in [1.165, 1.54) is 42.7 Å². The molecule has 0 spiro atoms. The van der Waals surface area contributed by atoms with E-state index in [1.54, 1.807) is 17.7 Å². The molecule has 40 heavy (non-hydrogen) atoms. The fraction of sp³-hybridized carbons (Fsp3) is 0.133. The molecule has 0 saturated carbocycles. The van der Waals surface area contributed by atoms with Gasteiger partial charge in [0.1, 0.15) is 52.2 Å². The van der Waals surface area contributed by atoms with Crippen molar-refractivity contribution in [3.8, 4) is 22.4 Å². The highest BCUT2D eigenvalue weighted by atomic mass is 19.1. The standard InChI is InChI=1S/C30H24F2N6O2/c1-15(33)17-9-11-18(12-10-17)26-25-29(34)35-14-36-30(25)38(37-26)16(2)28-23(19-5-3-6-20(31)13-19)27(39)24-21(32)7-4-8-22(24)40-28/h3-16H,33H2,1-2H3,(H2,34,35,36). The van der Waals surface area contributed by atoms with Crippen LogP contribution in [0.5, 0.6) is 0 Å². The maximum atomic E-state index is 14.8. The van der Waals surface area contributed by atoms with Gasteiger partial charge in [0.15, 0.2) is 5.65 Å². The molecule has 6 rings (SSSR count). The highest BCUT2D eigenvalue weighted by Crippen LogP contribution is 2.36. The number of nitrogen functional groups attached to an aromatic ring is 1. The molecular weight excluding hydrogens is 514 g/mol. The Morgan fingerprint density at radius 1 is 0.925 bits per heavy atom. The van der Waals surface area contributed by atoms with Crippen molar-refractivity contribution in [1.82, 2.24) is 19.7 Å². The summed E-state index contributed by atoms with van der Waals surface area (Å²) in [6.45, 7) is 3.66. The Hall–Kier alpha value is -4.96. The topological polar surface area (TPSA) is 126 Å². The molecule has 4 N–H and O–H groups in total. The second-order valence-electron chi connectivity index (χ2n) is 9.63. The summed E-state index contributed by atoms with van der Waals surface area (Å²) in [6.07, 6.45) is 1.32.